The van der Waals surface area contributed by atoms with Crippen molar-refractivity contribution in [1.29, 1.82) is 0 Å². The normalized spacial score (nSPS) is 11.9. The minimum absolute atomic E-state index is 0.000416. The maximum Gasteiger partial charge on any atom is 0.407 e. The molecule has 0 aromatic heterocycles. The van der Waals surface area contributed by atoms with Gasteiger partial charge in [-0.05, 0) is 123 Å². The summed E-state index contributed by atoms with van der Waals surface area (Å²) < 4.78 is 177. The lowest BCUT2D eigenvalue weighted by molar-refractivity contribution is -0.145. The molecule has 518 valence electrons. The van der Waals surface area contributed by atoms with E-state index in [9.17, 15) is 53.6 Å². The number of carbonyl (C=O) groups excluding carboxylic acids is 4. The minimum atomic E-state index is -3.96. The lowest BCUT2D eigenvalue weighted by Gasteiger charge is -2.11. The largest absolute Gasteiger partial charge is 0.463 e. The number of rotatable bonds is 46. The predicted octanol–water partition coefficient (Wildman–Crippen LogP) is 4.56. The van der Waals surface area contributed by atoms with E-state index in [1.807, 2.05) is 0 Å². The fourth-order valence-corrected chi connectivity index (χ4v) is 9.77. The van der Waals surface area contributed by atoms with Gasteiger partial charge in [0.25, 0.3) is 11.8 Å². The number of nitrogens with one attached hydrogen (secondary N) is 2. The molecular formula is C60H78F4N8O20S2. The number of sulfonamides is 1. The van der Waals surface area contributed by atoms with Gasteiger partial charge >= 0.3 is 12.1 Å². The number of sulfone groups is 1. The van der Waals surface area contributed by atoms with Crippen LogP contribution in [0.5, 0.6) is 23.0 Å². The third-order valence-corrected chi connectivity index (χ3v) is 15.2. The Morgan fingerprint density at radius 3 is 1.26 bits per heavy atom. The summed E-state index contributed by atoms with van der Waals surface area (Å²) in [5.74, 6) is -8.95. The maximum absolute atomic E-state index is 14.8. The molecule has 0 saturated carbocycles. The number of nitrogens with zero attached hydrogens (tertiary/aromatic N) is 2. The predicted molar refractivity (Wildman–Crippen MR) is 333 cm³/mol. The maximum atomic E-state index is 14.8. The Morgan fingerprint density at radius 2 is 0.830 bits per heavy atom. The van der Waals surface area contributed by atoms with Crippen LogP contribution in [0.15, 0.2) is 104 Å². The second-order valence-electron chi connectivity index (χ2n) is 19.5. The smallest absolute Gasteiger partial charge is 0.407 e. The Bertz CT molecular complexity index is 3140. The average molecular weight is 1370 g/mol. The second kappa shape index (κ2) is 42.9. The zero-order valence-electron chi connectivity index (χ0n) is 51.8. The summed E-state index contributed by atoms with van der Waals surface area (Å²) in [6.07, 6.45) is 2.50. The van der Waals surface area contributed by atoms with Crippen molar-refractivity contribution >= 4 is 67.8 Å². The number of halogens is 4. The first-order valence-electron chi connectivity index (χ1n) is 29.0. The molecule has 28 nitrogen and oxygen atoms in total. The van der Waals surface area contributed by atoms with E-state index in [2.05, 4.69) is 20.0 Å². The van der Waals surface area contributed by atoms with Crippen molar-refractivity contribution in [1.82, 2.24) is 10.0 Å². The number of esters is 1. The second-order valence-corrected chi connectivity index (χ2v) is 23.3. The van der Waals surface area contributed by atoms with Gasteiger partial charge in [0.2, 0.25) is 10.0 Å². The summed E-state index contributed by atoms with van der Waals surface area (Å²) >= 11 is 0. The quantitative estimate of drug-likeness (QED) is 0.00881. The first kappa shape index (κ1) is 78.3. The number of guanidine groups is 2. The van der Waals surface area contributed by atoms with Gasteiger partial charge in [-0.15, -0.1) is 0 Å². The van der Waals surface area contributed by atoms with Gasteiger partial charge in [-0.3, -0.25) is 14.4 Å². The van der Waals surface area contributed by atoms with Crippen LogP contribution >= 0.6 is 0 Å². The molecule has 94 heavy (non-hydrogen) atoms. The van der Waals surface area contributed by atoms with Gasteiger partial charge in [0, 0.05) is 43.9 Å². The van der Waals surface area contributed by atoms with Crippen molar-refractivity contribution in [2.75, 3.05) is 138 Å². The van der Waals surface area contributed by atoms with E-state index >= 15 is 0 Å². The van der Waals surface area contributed by atoms with E-state index in [0.717, 1.165) is 24.3 Å². The molecule has 0 fully saturated rings. The van der Waals surface area contributed by atoms with E-state index in [0.29, 0.717) is 13.0 Å². The standard InChI is InChI=1S/C60H78F4N8O20S2/c1-41(56(74)71-58(65)66)35-43-37-49(61)54(50(62)38-43)91-45-6-10-47(11-7-45)93(77,78)34-4-17-82-21-25-85-24-20-81-16-3-5-53(73)89-32-30-87-28-29-88-31-33-90-60(76)69-14-18-83-22-26-86-27-23-84-19-15-70-94(79,80)48-12-8-46(9-13-48)92-55-51(63)39-44(40-52(55)64)36-42(2)57(75)72-59(67)68/h6-13,35-40,70H,3-5,14-34H2,1-2H3,(H,69,76)(H4,65,66,71,74)(H4,67,68,72,75)/b41-35+,42-36+. The molecule has 0 saturated heterocycles. The van der Waals surface area contributed by atoms with Crippen molar-refractivity contribution in [2.45, 2.75) is 42.9 Å². The molecule has 0 atom stereocenters. The Morgan fingerprint density at radius 1 is 0.468 bits per heavy atom. The molecule has 0 unspecified atom stereocenters. The molecule has 4 aromatic rings. The fourth-order valence-electron chi connectivity index (χ4n) is 7.47. The zero-order chi connectivity index (χ0) is 68.7. The monoisotopic (exact) mass is 1370 g/mol. The fraction of sp³-hybridized carbons (Fsp3) is 0.433. The lowest BCUT2D eigenvalue weighted by Crippen LogP contribution is -2.29. The van der Waals surface area contributed by atoms with E-state index in [1.54, 1.807) is 0 Å². The van der Waals surface area contributed by atoms with Crippen molar-refractivity contribution in [3.05, 3.63) is 118 Å². The molecule has 0 aliphatic rings. The summed E-state index contributed by atoms with van der Waals surface area (Å²) in [6, 6.07) is 13.7. The van der Waals surface area contributed by atoms with Gasteiger partial charge in [0.15, 0.2) is 56.5 Å². The zero-order valence-corrected chi connectivity index (χ0v) is 53.4. The third kappa shape index (κ3) is 31.6. The number of alkyl carbamates (subject to hydrolysis) is 1. The number of ether oxygens (including phenoxy) is 12. The van der Waals surface area contributed by atoms with Gasteiger partial charge in [0.05, 0.1) is 108 Å². The van der Waals surface area contributed by atoms with Crippen molar-refractivity contribution in [3.8, 4) is 23.0 Å². The number of aliphatic imine (C=N–C) groups is 2. The van der Waals surface area contributed by atoms with E-state index in [-0.39, 0.29) is 188 Å². The van der Waals surface area contributed by atoms with Crippen LogP contribution in [0.25, 0.3) is 12.2 Å². The van der Waals surface area contributed by atoms with Crippen molar-refractivity contribution in [3.63, 3.8) is 0 Å². The number of benzene rings is 4. The number of hydrogen-bond acceptors (Lipinski definition) is 20. The van der Waals surface area contributed by atoms with Crippen LogP contribution in [0.2, 0.25) is 0 Å². The summed E-state index contributed by atoms with van der Waals surface area (Å²) in [7, 11) is -7.67. The molecule has 4 rings (SSSR count). The molecular weight excluding hydrogens is 1290 g/mol. The SMILES string of the molecule is C/C(=C\c1cc(F)c(Oc2ccc(S(=O)(=O)CCCOCCOCCOCCCC(=O)OCCOCCOCCOC(=O)NCCOCCOCCOCCNS(=O)(=O)c3ccc(Oc4c(F)cc(/C=C(\C)C(=O)N=C(N)N)cc4F)cc3)cc2)c(F)c1)C(=O)N=C(N)N. The summed E-state index contributed by atoms with van der Waals surface area (Å²) in [5, 5.41) is 2.54. The summed E-state index contributed by atoms with van der Waals surface area (Å²) in [4.78, 5) is 54.3. The van der Waals surface area contributed by atoms with Crippen molar-refractivity contribution < 1.29 is 110 Å². The van der Waals surface area contributed by atoms with E-state index < -0.39 is 90.4 Å². The lowest BCUT2D eigenvalue weighted by atomic mass is 10.1. The van der Waals surface area contributed by atoms with Crippen LogP contribution in [-0.4, -0.2) is 190 Å². The third-order valence-electron chi connectivity index (χ3n) is 11.9. The van der Waals surface area contributed by atoms with Crippen LogP contribution < -0.4 is 42.4 Å². The highest BCUT2D eigenvalue weighted by Crippen LogP contribution is 2.32. The number of nitrogens with two attached hydrogens (primary N) is 4. The highest BCUT2D eigenvalue weighted by atomic mass is 32.2. The molecule has 3 amide bonds. The van der Waals surface area contributed by atoms with E-state index in [1.165, 1.54) is 74.5 Å². The topological polar surface area (TPSA) is 400 Å². The minimum Gasteiger partial charge on any atom is -0.463 e. The number of amides is 3. The van der Waals surface area contributed by atoms with Gasteiger partial charge in [0.1, 0.15) is 24.7 Å². The Labute approximate surface area is 541 Å². The highest BCUT2D eigenvalue weighted by molar-refractivity contribution is 7.91. The molecule has 0 bridgehead atoms. The van der Waals surface area contributed by atoms with Gasteiger partial charge in [-0.2, -0.15) is 9.98 Å². The molecule has 0 aliphatic heterocycles. The van der Waals surface area contributed by atoms with Crippen LogP contribution in [0.1, 0.15) is 44.2 Å². The Kier molecular flexibility index (Phi) is 35.8. The molecule has 34 heteroatoms. The molecule has 0 aliphatic carbocycles. The molecule has 0 radical (unpaired) electrons. The molecule has 4 aromatic carbocycles. The van der Waals surface area contributed by atoms with Gasteiger partial charge in [-0.1, -0.05) is 0 Å². The first-order chi connectivity index (χ1) is 44.9. The Balaban J connectivity index is 0.867. The van der Waals surface area contributed by atoms with Gasteiger partial charge < -0.3 is 85.1 Å². The van der Waals surface area contributed by atoms with Gasteiger partial charge in [-0.25, -0.2) is 43.9 Å². The molecule has 10 N–H and O–H groups in total. The number of carbonyl (C=O) groups is 4. The Hall–Kier alpha value is -8.16. The van der Waals surface area contributed by atoms with Crippen LogP contribution in [0.4, 0.5) is 22.4 Å². The summed E-state index contributed by atoms with van der Waals surface area (Å²) in [5.41, 5.74) is 20.8. The average Bonchev–Trinajstić information content (AvgIpc) is 0.835. The van der Waals surface area contributed by atoms with Crippen LogP contribution in [0.3, 0.4) is 0 Å². The molecule has 0 heterocycles. The van der Waals surface area contributed by atoms with Crippen molar-refractivity contribution in [2.24, 2.45) is 32.9 Å². The van der Waals surface area contributed by atoms with Crippen LogP contribution in [-0.2, 0) is 81.6 Å². The molecule has 0 spiro atoms. The highest BCUT2D eigenvalue weighted by Gasteiger charge is 2.20. The number of hydrogen-bond donors (Lipinski definition) is 6. The first-order valence-corrected chi connectivity index (χ1v) is 32.2. The summed E-state index contributed by atoms with van der Waals surface area (Å²) in [6.45, 7) is 6.22. The van der Waals surface area contributed by atoms with E-state index in [4.69, 9.17) is 79.8 Å². The van der Waals surface area contributed by atoms with Crippen LogP contribution in [0, 0.1) is 23.3 Å².